The number of likely N-dealkylation sites (tertiary alicyclic amines) is 1. The van der Waals surface area contributed by atoms with Gasteiger partial charge in [-0.05, 0) is 48.4 Å². The fourth-order valence-corrected chi connectivity index (χ4v) is 4.93. The van der Waals surface area contributed by atoms with Crippen molar-refractivity contribution in [3.8, 4) is 5.75 Å². The highest BCUT2D eigenvalue weighted by atomic mass is 16.3. The molecule has 2 bridgehead atoms. The SMILES string of the molecule is Cc1occc1C(=O)N1CCC2(C)c3cccc(O)c3C[C@@H]1C2(C)C. The first kappa shape index (κ1) is 16.2. The molecule has 0 spiro atoms. The lowest BCUT2D eigenvalue weighted by molar-refractivity contribution is -0.0267. The summed E-state index contributed by atoms with van der Waals surface area (Å²) in [6.45, 7) is 9.35. The summed E-state index contributed by atoms with van der Waals surface area (Å²) in [4.78, 5) is 15.2. The number of furan rings is 1. The third-order valence-corrected chi connectivity index (χ3v) is 6.98. The predicted molar refractivity (Wildman–Crippen MR) is 95.8 cm³/mol. The van der Waals surface area contributed by atoms with Crippen LogP contribution in [0.15, 0.2) is 34.9 Å². The smallest absolute Gasteiger partial charge is 0.257 e. The van der Waals surface area contributed by atoms with Crippen molar-refractivity contribution in [1.82, 2.24) is 4.90 Å². The Morgan fingerprint density at radius 1 is 1.28 bits per heavy atom. The minimum absolute atomic E-state index is 0.0326. The van der Waals surface area contributed by atoms with Gasteiger partial charge in [0.2, 0.25) is 0 Å². The van der Waals surface area contributed by atoms with Gasteiger partial charge in [-0.2, -0.15) is 0 Å². The summed E-state index contributed by atoms with van der Waals surface area (Å²) >= 11 is 0. The van der Waals surface area contributed by atoms with E-state index in [1.807, 2.05) is 17.9 Å². The molecule has 1 amide bonds. The molecule has 132 valence electrons. The third-order valence-electron chi connectivity index (χ3n) is 6.98. The largest absolute Gasteiger partial charge is 0.508 e. The molecule has 1 N–H and O–H groups in total. The summed E-state index contributed by atoms with van der Waals surface area (Å²) in [6, 6.07) is 7.64. The molecule has 1 fully saturated rings. The van der Waals surface area contributed by atoms with Crippen molar-refractivity contribution in [2.24, 2.45) is 5.41 Å². The topological polar surface area (TPSA) is 53.7 Å². The zero-order chi connectivity index (χ0) is 18.0. The lowest BCUT2D eigenvalue weighted by Gasteiger charge is -2.60. The molecule has 1 aromatic heterocycles. The number of piperidine rings is 1. The van der Waals surface area contributed by atoms with Crippen LogP contribution in [0, 0.1) is 12.3 Å². The lowest BCUT2D eigenvalue weighted by Crippen LogP contribution is -2.64. The number of benzene rings is 1. The van der Waals surface area contributed by atoms with Crippen LogP contribution in [-0.4, -0.2) is 28.5 Å². The number of fused-ring (bicyclic) bond motifs is 4. The molecule has 0 saturated carbocycles. The first-order valence-electron chi connectivity index (χ1n) is 8.94. The van der Waals surface area contributed by atoms with Crippen molar-refractivity contribution in [3.05, 3.63) is 53.0 Å². The number of carbonyl (C=O) groups is 1. The molecular weight excluding hydrogens is 314 g/mol. The van der Waals surface area contributed by atoms with E-state index in [1.54, 1.807) is 18.4 Å². The highest BCUT2D eigenvalue weighted by molar-refractivity contribution is 5.95. The number of aryl methyl sites for hydroxylation is 1. The molecule has 2 atom stereocenters. The molecule has 2 aliphatic rings. The zero-order valence-corrected chi connectivity index (χ0v) is 15.3. The maximum absolute atomic E-state index is 13.2. The van der Waals surface area contributed by atoms with Crippen LogP contribution in [0.4, 0.5) is 0 Å². The molecule has 1 aliphatic heterocycles. The maximum atomic E-state index is 13.2. The number of nitrogens with zero attached hydrogens (tertiary/aromatic N) is 1. The Kier molecular flexibility index (Phi) is 3.34. The summed E-state index contributed by atoms with van der Waals surface area (Å²) in [5.74, 6) is 1.04. The highest BCUT2D eigenvalue weighted by Crippen LogP contribution is 2.57. The molecule has 0 radical (unpaired) electrons. The molecule has 4 nitrogen and oxygen atoms in total. The van der Waals surface area contributed by atoms with Gasteiger partial charge in [-0.3, -0.25) is 4.79 Å². The second-order valence-corrected chi connectivity index (χ2v) is 8.22. The van der Waals surface area contributed by atoms with E-state index >= 15 is 0 Å². The monoisotopic (exact) mass is 339 g/mol. The molecule has 4 rings (SSSR count). The molecule has 1 aromatic carbocycles. The number of carbonyl (C=O) groups excluding carboxylic acids is 1. The minimum atomic E-state index is -0.0840. The number of hydrogen-bond donors (Lipinski definition) is 1. The van der Waals surface area contributed by atoms with E-state index in [0.717, 1.165) is 18.5 Å². The van der Waals surface area contributed by atoms with Gasteiger partial charge in [0.05, 0.1) is 11.8 Å². The quantitative estimate of drug-likeness (QED) is 0.853. The number of rotatable bonds is 1. The van der Waals surface area contributed by atoms with E-state index in [0.29, 0.717) is 23.5 Å². The number of phenolic OH excluding ortho intramolecular Hbond substituents is 1. The van der Waals surface area contributed by atoms with Gasteiger partial charge < -0.3 is 14.4 Å². The zero-order valence-electron chi connectivity index (χ0n) is 15.3. The number of phenols is 1. The predicted octanol–water partition coefficient (Wildman–Crippen LogP) is 4.05. The molecule has 25 heavy (non-hydrogen) atoms. The van der Waals surface area contributed by atoms with E-state index in [4.69, 9.17) is 4.42 Å². The van der Waals surface area contributed by atoms with Crippen molar-refractivity contribution in [2.75, 3.05) is 6.54 Å². The Morgan fingerprint density at radius 3 is 2.72 bits per heavy atom. The molecular formula is C21H25NO3. The van der Waals surface area contributed by atoms with Crippen molar-refractivity contribution in [1.29, 1.82) is 0 Å². The Balaban J connectivity index is 1.82. The van der Waals surface area contributed by atoms with Gasteiger partial charge >= 0.3 is 0 Å². The van der Waals surface area contributed by atoms with Crippen molar-refractivity contribution >= 4 is 5.91 Å². The van der Waals surface area contributed by atoms with E-state index in [2.05, 4.69) is 26.8 Å². The van der Waals surface area contributed by atoms with Gasteiger partial charge in [-0.25, -0.2) is 0 Å². The van der Waals surface area contributed by atoms with Crippen LogP contribution in [0.2, 0.25) is 0 Å². The molecule has 4 heteroatoms. The normalized spacial score (nSPS) is 27.0. The third kappa shape index (κ3) is 2.03. The summed E-state index contributed by atoms with van der Waals surface area (Å²) in [5, 5.41) is 10.4. The van der Waals surface area contributed by atoms with Crippen LogP contribution in [0.25, 0.3) is 0 Å². The van der Waals surface area contributed by atoms with Crippen LogP contribution < -0.4 is 0 Å². The van der Waals surface area contributed by atoms with E-state index in [1.165, 1.54) is 5.56 Å². The van der Waals surface area contributed by atoms with E-state index in [9.17, 15) is 9.90 Å². The van der Waals surface area contributed by atoms with Crippen LogP contribution in [-0.2, 0) is 11.8 Å². The van der Waals surface area contributed by atoms with Crippen molar-refractivity contribution in [2.45, 2.75) is 52.0 Å². The summed E-state index contributed by atoms with van der Waals surface area (Å²) in [6.07, 6.45) is 3.15. The second-order valence-electron chi connectivity index (χ2n) is 8.22. The molecule has 2 heterocycles. The molecule has 1 unspecified atom stereocenters. The average molecular weight is 339 g/mol. The summed E-state index contributed by atoms with van der Waals surface area (Å²) in [7, 11) is 0. The molecule has 2 aromatic rings. The fourth-order valence-electron chi connectivity index (χ4n) is 4.93. The lowest BCUT2D eigenvalue weighted by atomic mass is 9.51. The van der Waals surface area contributed by atoms with Gasteiger partial charge in [-0.1, -0.05) is 32.9 Å². The Morgan fingerprint density at radius 2 is 2.04 bits per heavy atom. The molecule has 1 saturated heterocycles. The number of amides is 1. The van der Waals surface area contributed by atoms with E-state index < -0.39 is 0 Å². The van der Waals surface area contributed by atoms with Crippen LogP contribution in [0.5, 0.6) is 5.75 Å². The molecule has 1 aliphatic carbocycles. The van der Waals surface area contributed by atoms with Gasteiger partial charge in [0, 0.05) is 18.0 Å². The second kappa shape index (κ2) is 5.13. The van der Waals surface area contributed by atoms with Crippen LogP contribution >= 0.6 is 0 Å². The summed E-state index contributed by atoms with van der Waals surface area (Å²) in [5.41, 5.74) is 2.73. The highest BCUT2D eigenvalue weighted by Gasteiger charge is 2.57. The summed E-state index contributed by atoms with van der Waals surface area (Å²) < 4.78 is 5.34. The Hall–Kier alpha value is -2.23. The van der Waals surface area contributed by atoms with Gasteiger partial charge in [0.25, 0.3) is 5.91 Å². The Labute approximate surface area is 148 Å². The van der Waals surface area contributed by atoms with E-state index in [-0.39, 0.29) is 22.8 Å². The first-order valence-corrected chi connectivity index (χ1v) is 8.94. The van der Waals surface area contributed by atoms with Crippen LogP contribution in [0.1, 0.15) is 54.4 Å². The first-order chi connectivity index (χ1) is 11.8. The van der Waals surface area contributed by atoms with Gasteiger partial charge in [0.15, 0.2) is 0 Å². The van der Waals surface area contributed by atoms with Crippen molar-refractivity contribution in [3.63, 3.8) is 0 Å². The maximum Gasteiger partial charge on any atom is 0.257 e. The van der Waals surface area contributed by atoms with Crippen molar-refractivity contribution < 1.29 is 14.3 Å². The van der Waals surface area contributed by atoms with Crippen LogP contribution in [0.3, 0.4) is 0 Å². The minimum Gasteiger partial charge on any atom is -0.508 e. The Bertz CT molecular complexity index is 851. The average Bonchev–Trinajstić information content (AvgIpc) is 2.97. The number of hydrogen-bond acceptors (Lipinski definition) is 3. The van der Waals surface area contributed by atoms with Gasteiger partial charge in [-0.15, -0.1) is 0 Å². The number of aromatic hydroxyl groups is 1. The standard InChI is InChI=1S/C21H25NO3/c1-13-14(8-11-25-13)19(24)22-10-9-21(4)16-6-5-7-17(23)15(16)12-18(22)20(21,2)3/h5-8,11,18,23H,9-10,12H2,1-4H3/t18-,21?/m1/s1. The fraction of sp³-hybridized carbons (Fsp3) is 0.476. The van der Waals surface area contributed by atoms with Gasteiger partial charge in [0.1, 0.15) is 11.5 Å².